The van der Waals surface area contributed by atoms with Gasteiger partial charge in [0.1, 0.15) is 11.3 Å². The van der Waals surface area contributed by atoms with E-state index in [0.717, 1.165) is 10.4 Å². The van der Waals surface area contributed by atoms with E-state index in [4.69, 9.17) is 11.6 Å². The molecule has 3 aromatic rings. The van der Waals surface area contributed by atoms with Gasteiger partial charge in [0.05, 0.1) is 22.9 Å². The summed E-state index contributed by atoms with van der Waals surface area (Å²) in [6, 6.07) is 4.95. The third-order valence-corrected chi connectivity index (χ3v) is 3.87. The van der Waals surface area contributed by atoms with E-state index in [0.29, 0.717) is 17.9 Å². The van der Waals surface area contributed by atoms with E-state index in [2.05, 4.69) is 9.97 Å². The summed E-state index contributed by atoms with van der Waals surface area (Å²) in [7, 11) is 0. The molecule has 6 heteroatoms. The molecule has 0 spiro atoms. The van der Waals surface area contributed by atoms with E-state index in [9.17, 15) is 4.39 Å². The van der Waals surface area contributed by atoms with Crippen LogP contribution in [0.3, 0.4) is 0 Å². The molecule has 0 aliphatic carbocycles. The molecular formula is C13H11ClFN3S. The molecule has 0 radical (unpaired) electrons. The number of nitrogens with zero attached hydrogens (tertiary/aromatic N) is 3. The van der Waals surface area contributed by atoms with Crippen LogP contribution in [0.5, 0.6) is 0 Å². The first-order valence-corrected chi connectivity index (χ1v) is 7.14. The van der Waals surface area contributed by atoms with E-state index in [1.54, 1.807) is 29.1 Å². The molecule has 0 N–H and O–H groups in total. The topological polar surface area (TPSA) is 30.7 Å². The third kappa shape index (κ3) is 2.24. The van der Waals surface area contributed by atoms with Gasteiger partial charge >= 0.3 is 0 Å². The number of benzene rings is 1. The normalized spacial score (nSPS) is 13.0. The van der Waals surface area contributed by atoms with Crippen LogP contribution in [0, 0.1) is 5.82 Å². The summed E-state index contributed by atoms with van der Waals surface area (Å²) in [6.07, 6.45) is 1.80. The van der Waals surface area contributed by atoms with Crippen LogP contribution in [0.4, 0.5) is 4.39 Å². The lowest BCUT2D eigenvalue weighted by atomic mass is 10.3. The van der Waals surface area contributed by atoms with Crippen molar-refractivity contribution in [2.45, 2.75) is 18.8 Å². The third-order valence-electron chi connectivity index (χ3n) is 2.91. The number of hydrogen-bond acceptors (Lipinski definition) is 3. The second kappa shape index (κ2) is 4.90. The van der Waals surface area contributed by atoms with Gasteiger partial charge in [-0.15, -0.1) is 22.9 Å². The van der Waals surface area contributed by atoms with Crippen molar-refractivity contribution in [1.29, 1.82) is 0 Å². The van der Waals surface area contributed by atoms with E-state index in [1.807, 2.05) is 17.6 Å². The summed E-state index contributed by atoms with van der Waals surface area (Å²) in [5.74, 6) is 0.356. The van der Waals surface area contributed by atoms with Gasteiger partial charge in [0.25, 0.3) is 0 Å². The second-order valence-electron chi connectivity index (χ2n) is 4.25. The van der Waals surface area contributed by atoms with Crippen molar-refractivity contribution in [3.8, 4) is 0 Å². The number of hydrogen-bond donors (Lipinski definition) is 0. The number of alkyl halides is 1. The van der Waals surface area contributed by atoms with Gasteiger partial charge in [0.15, 0.2) is 5.82 Å². The zero-order valence-corrected chi connectivity index (χ0v) is 11.7. The summed E-state index contributed by atoms with van der Waals surface area (Å²) in [5, 5.41) is -0.278. The minimum Gasteiger partial charge on any atom is -0.321 e. The Balaban J connectivity index is 2.19. The van der Waals surface area contributed by atoms with E-state index in [1.165, 1.54) is 6.07 Å². The first kappa shape index (κ1) is 12.6. The van der Waals surface area contributed by atoms with E-state index >= 15 is 0 Å². The molecule has 1 aromatic carbocycles. The van der Waals surface area contributed by atoms with Crippen LogP contribution < -0.4 is 0 Å². The van der Waals surface area contributed by atoms with E-state index in [-0.39, 0.29) is 11.2 Å². The van der Waals surface area contributed by atoms with Gasteiger partial charge < -0.3 is 4.57 Å². The second-order valence-corrected chi connectivity index (χ2v) is 5.87. The number of rotatable bonds is 3. The zero-order chi connectivity index (χ0) is 13.4. The van der Waals surface area contributed by atoms with Crippen molar-refractivity contribution in [2.75, 3.05) is 0 Å². The minimum atomic E-state index is -0.320. The highest BCUT2D eigenvalue weighted by molar-refractivity contribution is 7.09. The molecule has 0 saturated heterocycles. The van der Waals surface area contributed by atoms with Crippen LogP contribution in [0.25, 0.3) is 11.0 Å². The van der Waals surface area contributed by atoms with Crippen LogP contribution in [-0.2, 0) is 6.54 Å². The van der Waals surface area contributed by atoms with Gasteiger partial charge in [0, 0.05) is 11.1 Å². The lowest BCUT2D eigenvalue weighted by Crippen LogP contribution is -2.04. The summed E-state index contributed by atoms with van der Waals surface area (Å²) >= 11 is 7.71. The zero-order valence-electron chi connectivity index (χ0n) is 10.2. The van der Waals surface area contributed by atoms with Gasteiger partial charge in [-0.05, 0) is 19.1 Å². The average Bonchev–Trinajstić information content (AvgIpc) is 2.99. The number of aromatic nitrogens is 3. The van der Waals surface area contributed by atoms with Gasteiger partial charge in [-0.2, -0.15) is 0 Å². The fourth-order valence-electron chi connectivity index (χ4n) is 2.08. The number of fused-ring (bicyclic) bond motifs is 1. The SMILES string of the molecule is CC(Cl)c1nc2c(F)cccc2n1Cc1cncs1. The molecule has 0 saturated carbocycles. The predicted octanol–water partition coefficient (Wildman–Crippen LogP) is 3.98. The monoisotopic (exact) mass is 295 g/mol. The minimum absolute atomic E-state index is 0.278. The Morgan fingerprint density at radius 3 is 3.00 bits per heavy atom. The van der Waals surface area contributed by atoms with Crippen LogP contribution in [-0.4, -0.2) is 14.5 Å². The van der Waals surface area contributed by atoms with E-state index < -0.39 is 0 Å². The lowest BCUT2D eigenvalue weighted by molar-refractivity contribution is 0.637. The van der Waals surface area contributed by atoms with Crippen LogP contribution in [0.1, 0.15) is 23.0 Å². The molecule has 2 heterocycles. The highest BCUT2D eigenvalue weighted by Gasteiger charge is 2.17. The fourth-order valence-corrected chi connectivity index (χ4v) is 2.83. The number of para-hydroxylation sites is 1. The molecule has 1 atom stereocenters. The van der Waals surface area contributed by atoms with Crippen LogP contribution in [0.15, 0.2) is 29.9 Å². The van der Waals surface area contributed by atoms with Gasteiger partial charge in [-0.3, -0.25) is 4.98 Å². The Morgan fingerprint density at radius 2 is 2.32 bits per heavy atom. The number of halogens is 2. The molecule has 3 nitrogen and oxygen atoms in total. The molecule has 0 aliphatic rings. The van der Waals surface area contributed by atoms with Gasteiger partial charge in [-0.25, -0.2) is 9.37 Å². The largest absolute Gasteiger partial charge is 0.321 e. The van der Waals surface area contributed by atoms with Gasteiger partial charge in [0.2, 0.25) is 0 Å². The Hall–Kier alpha value is -1.46. The van der Waals surface area contributed by atoms with Crippen molar-refractivity contribution >= 4 is 34.0 Å². The van der Waals surface area contributed by atoms with Crippen molar-refractivity contribution in [3.05, 3.63) is 46.4 Å². The smallest absolute Gasteiger partial charge is 0.151 e. The predicted molar refractivity (Wildman–Crippen MR) is 75.2 cm³/mol. The van der Waals surface area contributed by atoms with Crippen molar-refractivity contribution in [1.82, 2.24) is 14.5 Å². The Bertz CT molecular complexity index is 706. The standard InChI is InChI=1S/C13H11ClFN3S/c1-8(14)13-17-12-10(15)3-2-4-11(12)18(13)6-9-5-16-7-19-9/h2-5,7-8H,6H2,1H3. The maximum atomic E-state index is 13.8. The van der Waals surface area contributed by atoms with Crippen molar-refractivity contribution in [3.63, 3.8) is 0 Å². The summed E-state index contributed by atoms with van der Waals surface area (Å²) < 4.78 is 15.7. The Kier molecular flexibility index (Phi) is 3.24. The average molecular weight is 296 g/mol. The van der Waals surface area contributed by atoms with Crippen LogP contribution in [0.2, 0.25) is 0 Å². The van der Waals surface area contributed by atoms with Crippen molar-refractivity contribution in [2.24, 2.45) is 0 Å². The fraction of sp³-hybridized carbons (Fsp3) is 0.231. The molecule has 3 rings (SSSR count). The first-order chi connectivity index (χ1) is 9.16. The molecule has 0 amide bonds. The molecule has 19 heavy (non-hydrogen) atoms. The molecule has 0 aliphatic heterocycles. The lowest BCUT2D eigenvalue weighted by Gasteiger charge is -2.08. The molecule has 0 fully saturated rings. The highest BCUT2D eigenvalue weighted by atomic mass is 35.5. The Morgan fingerprint density at radius 1 is 1.47 bits per heavy atom. The molecule has 2 aromatic heterocycles. The summed E-state index contributed by atoms with van der Waals surface area (Å²) in [4.78, 5) is 9.47. The van der Waals surface area contributed by atoms with Gasteiger partial charge in [-0.1, -0.05) is 6.07 Å². The van der Waals surface area contributed by atoms with Crippen molar-refractivity contribution < 1.29 is 4.39 Å². The Labute approximate surface area is 118 Å². The summed E-state index contributed by atoms with van der Waals surface area (Å²) in [5.41, 5.74) is 2.91. The first-order valence-electron chi connectivity index (χ1n) is 5.83. The molecule has 0 bridgehead atoms. The highest BCUT2D eigenvalue weighted by Crippen LogP contribution is 2.27. The quantitative estimate of drug-likeness (QED) is 0.684. The maximum Gasteiger partial charge on any atom is 0.151 e. The van der Waals surface area contributed by atoms with Crippen LogP contribution >= 0.6 is 22.9 Å². The molecular weight excluding hydrogens is 285 g/mol. The number of imidazole rings is 1. The summed E-state index contributed by atoms with van der Waals surface area (Å²) in [6.45, 7) is 2.45. The maximum absolute atomic E-state index is 13.8. The molecule has 1 unspecified atom stereocenters. The number of thiazole rings is 1. The molecule has 98 valence electrons.